The van der Waals surface area contributed by atoms with Crippen LogP contribution >= 0.6 is 0 Å². The standard InChI is InChI=1S/C12H12N2O3/c1-2-17-12(16)10-9(11(13)15)7-5-3-4-6-8(7)14-10/h3-6,14H,2H2,1H3,(H2,13,15). The number of amides is 1. The van der Waals surface area contributed by atoms with E-state index in [0.717, 1.165) is 0 Å². The lowest BCUT2D eigenvalue weighted by Crippen LogP contribution is -2.16. The van der Waals surface area contributed by atoms with E-state index in [1.807, 2.05) is 0 Å². The molecule has 1 amide bonds. The van der Waals surface area contributed by atoms with E-state index < -0.39 is 11.9 Å². The molecule has 0 atom stereocenters. The number of nitrogens with one attached hydrogen (secondary N) is 1. The summed E-state index contributed by atoms with van der Waals surface area (Å²) < 4.78 is 4.87. The van der Waals surface area contributed by atoms with Crippen LogP contribution in [0.5, 0.6) is 0 Å². The van der Waals surface area contributed by atoms with E-state index in [2.05, 4.69) is 4.98 Å². The zero-order valence-corrected chi connectivity index (χ0v) is 9.32. The highest BCUT2D eigenvalue weighted by atomic mass is 16.5. The second-order valence-electron chi connectivity index (χ2n) is 3.51. The Morgan fingerprint density at radius 1 is 1.35 bits per heavy atom. The number of carbonyl (C=O) groups is 2. The molecule has 3 N–H and O–H groups in total. The second-order valence-corrected chi connectivity index (χ2v) is 3.51. The Bertz CT molecular complexity index is 586. The first-order chi connectivity index (χ1) is 8.15. The summed E-state index contributed by atoms with van der Waals surface area (Å²) in [7, 11) is 0. The summed E-state index contributed by atoms with van der Waals surface area (Å²) in [6, 6.07) is 7.08. The number of aromatic nitrogens is 1. The fourth-order valence-electron chi connectivity index (χ4n) is 1.75. The highest BCUT2D eigenvalue weighted by Crippen LogP contribution is 2.22. The van der Waals surface area contributed by atoms with Gasteiger partial charge in [-0.25, -0.2) is 4.79 Å². The number of aromatic amines is 1. The average molecular weight is 232 g/mol. The maximum Gasteiger partial charge on any atom is 0.355 e. The third-order valence-corrected chi connectivity index (χ3v) is 2.43. The van der Waals surface area contributed by atoms with Gasteiger partial charge in [0.1, 0.15) is 5.69 Å². The molecule has 0 saturated heterocycles. The van der Waals surface area contributed by atoms with Gasteiger partial charge in [-0.15, -0.1) is 0 Å². The van der Waals surface area contributed by atoms with Crippen molar-refractivity contribution in [3.63, 3.8) is 0 Å². The molecule has 0 unspecified atom stereocenters. The minimum absolute atomic E-state index is 0.112. The summed E-state index contributed by atoms with van der Waals surface area (Å²) >= 11 is 0. The number of esters is 1. The van der Waals surface area contributed by atoms with Gasteiger partial charge in [0, 0.05) is 10.9 Å². The van der Waals surface area contributed by atoms with Crippen LogP contribution in [0.4, 0.5) is 0 Å². The molecule has 2 aromatic rings. The van der Waals surface area contributed by atoms with Crippen molar-refractivity contribution in [1.82, 2.24) is 4.98 Å². The molecule has 1 heterocycles. The maximum atomic E-state index is 11.7. The Labute approximate surface area is 97.6 Å². The van der Waals surface area contributed by atoms with E-state index >= 15 is 0 Å². The zero-order chi connectivity index (χ0) is 12.4. The van der Waals surface area contributed by atoms with Crippen molar-refractivity contribution in [3.8, 4) is 0 Å². The van der Waals surface area contributed by atoms with E-state index in [9.17, 15) is 9.59 Å². The summed E-state index contributed by atoms with van der Waals surface area (Å²) in [6.07, 6.45) is 0. The monoisotopic (exact) mass is 232 g/mol. The fourth-order valence-corrected chi connectivity index (χ4v) is 1.75. The van der Waals surface area contributed by atoms with E-state index in [-0.39, 0.29) is 17.9 Å². The van der Waals surface area contributed by atoms with Crippen LogP contribution in [0.15, 0.2) is 24.3 Å². The van der Waals surface area contributed by atoms with E-state index in [1.165, 1.54) is 0 Å². The Morgan fingerprint density at radius 3 is 2.71 bits per heavy atom. The molecule has 1 aromatic heterocycles. The number of para-hydroxylation sites is 1. The summed E-state index contributed by atoms with van der Waals surface area (Å²) in [6.45, 7) is 1.94. The third-order valence-electron chi connectivity index (χ3n) is 2.43. The highest BCUT2D eigenvalue weighted by Gasteiger charge is 2.21. The van der Waals surface area contributed by atoms with E-state index in [0.29, 0.717) is 10.9 Å². The van der Waals surface area contributed by atoms with Crippen LogP contribution in [0.3, 0.4) is 0 Å². The fraction of sp³-hybridized carbons (Fsp3) is 0.167. The molecule has 0 saturated carbocycles. The molecular weight excluding hydrogens is 220 g/mol. The number of benzene rings is 1. The number of primary amides is 1. The average Bonchev–Trinajstić information content (AvgIpc) is 2.68. The number of carbonyl (C=O) groups excluding carboxylic acids is 2. The van der Waals surface area contributed by atoms with Gasteiger partial charge in [-0.3, -0.25) is 4.79 Å². The molecule has 17 heavy (non-hydrogen) atoms. The number of rotatable bonds is 3. The van der Waals surface area contributed by atoms with Gasteiger partial charge in [0.2, 0.25) is 0 Å². The molecule has 0 spiro atoms. The normalized spacial score (nSPS) is 10.4. The summed E-state index contributed by atoms with van der Waals surface area (Å²) in [5, 5.41) is 0.628. The summed E-state index contributed by atoms with van der Waals surface area (Å²) in [5.41, 5.74) is 6.27. The van der Waals surface area contributed by atoms with Gasteiger partial charge in [-0.2, -0.15) is 0 Å². The Kier molecular flexibility index (Phi) is 2.82. The van der Waals surface area contributed by atoms with E-state index in [1.54, 1.807) is 31.2 Å². The van der Waals surface area contributed by atoms with Crippen molar-refractivity contribution in [3.05, 3.63) is 35.5 Å². The molecule has 5 nitrogen and oxygen atoms in total. The molecule has 5 heteroatoms. The van der Waals surface area contributed by atoms with Gasteiger partial charge in [0.05, 0.1) is 12.2 Å². The minimum Gasteiger partial charge on any atom is -0.461 e. The van der Waals surface area contributed by atoms with Crippen molar-refractivity contribution in [2.75, 3.05) is 6.61 Å². The van der Waals surface area contributed by atoms with Crippen molar-refractivity contribution < 1.29 is 14.3 Å². The van der Waals surface area contributed by atoms with Crippen LogP contribution in [0, 0.1) is 0 Å². The van der Waals surface area contributed by atoms with Gasteiger partial charge in [-0.05, 0) is 13.0 Å². The maximum absolute atomic E-state index is 11.7. The smallest absolute Gasteiger partial charge is 0.355 e. The van der Waals surface area contributed by atoms with Gasteiger partial charge in [-0.1, -0.05) is 18.2 Å². The van der Waals surface area contributed by atoms with Crippen LogP contribution < -0.4 is 5.73 Å². The van der Waals surface area contributed by atoms with Crippen LogP contribution in [0.25, 0.3) is 10.9 Å². The van der Waals surface area contributed by atoms with Crippen LogP contribution in [0.2, 0.25) is 0 Å². The molecule has 0 fully saturated rings. The molecule has 0 aliphatic rings. The quantitative estimate of drug-likeness (QED) is 0.785. The van der Waals surface area contributed by atoms with Crippen molar-refractivity contribution in [2.24, 2.45) is 5.73 Å². The van der Waals surface area contributed by atoms with Gasteiger partial charge >= 0.3 is 5.97 Å². The Morgan fingerprint density at radius 2 is 2.06 bits per heavy atom. The lowest BCUT2D eigenvalue weighted by molar-refractivity contribution is 0.0517. The largest absolute Gasteiger partial charge is 0.461 e. The van der Waals surface area contributed by atoms with Crippen molar-refractivity contribution >= 4 is 22.8 Å². The lowest BCUT2D eigenvalue weighted by atomic mass is 10.1. The summed E-state index contributed by atoms with van der Waals surface area (Å²) in [4.78, 5) is 25.9. The van der Waals surface area contributed by atoms with Crippen LogP contribution in [-0.4, -0.2) is 23.5 Å². The third kappa shape index (κ3) is 1.87. The lowest BCUT2D eigenvalue weighted by Gasteiger charge is -2.00. The van der Waals surface area contributed by atoms with Gasteiger partial charge < -0.3 is 15.5 Å². The van der Waals surface area contributed by atoms with Crippen molar-refractivity contribution in [1.29, 1.82) is 0 Å². The highest BCUT2D eigenvalue weighted by molar-refractivity contribution is 6.13. The molecule has 0 aliphatic heterocycles. The minimum atomic E-state index is -0.648. The van der Waals surface area contributed by atoms with Gasteiger partial charge in [0.15, 0.2) is 0 Å². The number of fused-ring (bicyclic) bond motifs is 1. The molecule has 0 radical (unpaired) electrons. The predicted octanol–water partition coefficient (Wildman–Crippen LogP) is 1.44. The van der Waals surface area contributed by atoms with E-state index in [4.69, 9.17) is 10.5 Å². The SMILES string of the molecule is CCOC(=O)c1[nH]c2ccccc2c1C(N)=O. The summed E-state index contributed by atoms with van der Waals surface area (Å²) in [5.74, 6) is -1.22. The molecule has 88 valence electrons. The Hall–Kier alpha value is -2.30. The first-order valence-corrected chi connectivity index (χ1v) is 5.22. The molecular formula is C12H12N2O3. The van der Waals surface area contributed by atoms with Crippen LogP contribution in [0.1, 0.15) is 27.8 Å². The van der Waals surface area contributed by atoms with Gasteiger partial charge in [0.25, 0.3) is 5.91 Å². The Balaban J connectivity index is 2.66. The number of hydrogen-bond donors (Lipinski definition) is 2. The molecule has 2 rings (SSSR count). The molecule has 0 bridgehead atoms. The molecule has 0 aliphatic carbocycles. The number of nitrogens with two attached hydrogens (primary N) is 1. The van der Waals surface area contributed by atoms with Crippen molar-refractivity contribution in [2.45, 2.75) is 6.92 Å². The second kappa shape index (κ2) is 4.29. The number of ether oxygens (including phenoxy) is 1. The number of hydrogen-bond acceptors (Lipinski definition) is 3. The molecule has 1 aromatic carbocycles. The first-order valence-electron chi connectivity index (χ1n) is 5.22. The topological polar surface area (TPSA) is 85.2 Å². The van der Waals surface area contributed by atoms with Crippen LogP contribution in [-0.2, 0) is 4.74 Å². The predicted molar refractivity (Wildman–Crippen MR) is 62.8 cm³/mol. The zero-order valence-electron chi connectivity index (χ0n) is 9.32. The first kappa shape index (κ1) is 11.2. The number of H-pyrrole nitrogens is 1.